The van der Waals surface area contributed by atoms with Crippen LogP contribution in [-0.2, 0) is 0 Å². The Bertz CT molecular complexity index is 384. The van der Waals surface area contributed by atoms with Crippen molar-refractivity contribution in [3.8, 4) is 0 Å². The average molecular weight is 219 g/mol. The van der Waals surface area contributed by atoms with Crippen molar-refractivity contribution < 1.29 is 4.39 Å². The van der Waals surface area contributed by atoms with E-state index in [-0.39, 0.29) is 5.82 Å². The molecule has 0 radical (unpaired) electrons. The largest absolute Gasteiger partial charge is 0.300 e. The fraction of sp³-hybridized carbons (Fsp3) is 0.429. The summed E-state index contributed by atoms with van der Waals surface area (Å²) in [5, 5.41) is 0. The highest BCUT2D eigenvalue weighted by Crippen LogP contribution is 2.18. The Morgan fingerprint density at radius 3 is 3.06 bits per heavy atom. The van der Waals surface area contributed by atoms with Crippen molar-refractivity contribution in [1.82, 2.24) is 4.90 Å². The van der Waals surface area contributed by atoms with Gasteiger partial charge in [-0.05, 0) is 43.6 Å². The van der Waals surface area contributed by atoms with Crippen molar-refractivity contribution in [3.05, 3.63) is 41.2 Å². The van der Waals surface area contributed by atoms with Crippen LogP contribution < -0.4 is 0 Å². The number of likely N-dealkylation sites (tertiary alicyclic amines) is 1. The highest BCUT2D eigenvalue weighted by Gasteiger charge is 2.11. The maximum atomic E-state index is 13.0. The van der Waals surface area contributed by atoms with Crippen LogP contribution >= 0.6 is 0 Å². The molecule has 86 valence electrons. The van der Waals surface area contributed by atoms with Gasteiger partial charge in [-0.2, -0.15) is 0 Å². The molecule has 1 saturated heterocycles. The van der Waals surface area contributed by atoms with Crippen LogP contribution in [0.25, 0.3) is 6.08 Å². The predicted molar refractivity (Wildman–Crippen MR) is 65.7 cm³/mol. The van der Waals surface area contributed by atoms with Crippen LogP contribution in [-0.4, -0.2) is 24.5 Å². The summed E-state index contributed by atoms with van der Waals surface area (Å²) >= 11 is 0. The van der Waals surface area contributed by atoms with E-state index in [1.807, 2.05) is 6.07 Å². The van der Waals surface area contributed by atoms with E-state index in [4.69, 9.17) is 0 Å². The molecule has 0 aliphatic carbocycles. The highest BCUT2D eigenvalue weighted by atomic mass is 19.1. The number of hydrogen-bond donors (Lipinski definition) is 0. The summed E-state index contributed by atoms with van der Waals surface area (Å²) in [6.07, 6.45) is 4.49. The number of rotatable bonds is 2. The monoisotopic (exact) mass is 219 g/mol. The molecule has 16 heavy (non-hydrogen) atoms. The van der Waals surface area contributed by atoms with E-state index in [0.29, 0.717) is 0 Å². The quantitative estimate of drug-likeness (QED) is 0.737. The molecule has 1 aromatic carbocycles. The number of halogens is 1. The second kappa shape index (κ2) is 5.26. The topological polar surface area (TPSA) is 3.24 Å². The molecule has 1 aromatic rings. The summed E-state index contributed by atoms with van der Waals surface area (Å²) in [5.74, 6) is -0.155. The lowest BCUT2D eigenvalue weighted by Gasteiger charge is -2.27. The van der Waals surface area contributed by atoms with Gasteiger partial charge in [-0.3, -0.25) is 4.90 Å². The molecule has 1 nitrogen and oxygen atoms in total. The van der Waals surface area contributed by atoms with Gasteiger partial charge < -0.3 is 0 Å². The molecule has 0 N–H and O–H groups in total. The van der Waals surface area contributed by atoms with Crippen molar-refractivity contribution in [3.63, 3.8) is 0 Å². The number of nitrogens with zero attached hydrogens (tertiary/aromatic N) is 1. The van der Waals surface area contributed by atoms with E-state index in [0.717, 1.165) is 25.1 Å². The molecule has 0 amide bonds. The zero-order valence-corrected chi connectivity index (χ0v) is 9.75. The molecule has 1 aliphatic heterocycles. The number of hydrogen-bond acceptors (Lipinski definition) is 1. The van der Waals surface area contributed by atoms with Crippen LogP contribution in [0.3, 0.4) is 0 Å². The van der Waals surface area contributed by atoms with Gasteiger partial charge in [0.15, 0.2) is 0 Å². The molecule has 1 aliphatic rings. The number of likely N-dealkylation sites (N-methyl/N-ethyl adjacent to an activating group) is 1. The number of benzene rings is 1. The summed E-state index contributed by atoms with van der Waals surface area (Å²) in [5.41, 5.74) is 2.40. The van der Waals surface area contributed by atoms with Gasteiger partial charge in [0.25, 0.3) is 0 Å². The van der Waals surface area contributed by atoms with Gasteiger partial charge in [-0.15, -0.1) is 0 Å². The first-order valence-electron chi connectivity index (χ1n) is 5.95. The van der Waals surface area contributed by atoms with Gasteiger partial charge in [0.05, 0.1) is 0 Å². The Morgan fingerprint density at radius 1 is 1.44 bits per heavy atom. The lowest BCUT2D eigenvalue weighted by molar-refractivity contribution is 0.280. The first kappa shape index (κ1) is 11.3. The summed E-state index contributed by atoms with van der Waals surface area (Å²) in [7, 11) is 0. The summed E-state index contributed by atoms with van der Waals surface area (Å²) in [6, 6.07) is 6.81. The van der Waals surface area contributed by atoms with Gasteiger partial charge >= 0.3 is 0 Å². The maximum absolute atomic E-state index is 13.0. The second-order valence-electron chi connectivity index (χ2n) is 4.33. The zero-order chi connectivity index (χ0) is 11.4. The summed E-state index contributed by atoms with van der Waals surface area (Å²) in [4.78, 5) is 2.43. The Hall–Kier alpha value is -1.15. The van der Waals surface area contributed by atoms with Crippen molar-refractivity contribution >= 4 is 6.08 Å². The third-order valence-corrected chi connectivity index (χ3v) is 3.07. The summed E-state index contributed by atoms with van der Waals surface area (Å²) in [6.45, 7) is 5.51. The van der Waals surface area contributed by atoms with Crippen LogP contribution in [0.5, 0.6) is 0 Å². The van der Waals surface area contributed by atoms with E-state index < -0.39 is 0 Å². The third-order valence-electron chi connectivity index (χ3n) is 3.07. The predicted octanol–water partition coefficient (Wildman–Crippen LogP) is 3.32. The first-order chi connectivity index (χ1) is 7.78. The minimum atomic E-state index is -0.155. The van der Waals surface area contributed by atoms with E-state index in [1.165, 1.54) is 24.6 Å². The molecule has 0 bridgehead atoms. The molecule has 0 aromatic heterocycles. The van der Waals surface area contributed by atoms with Gasteiger partial charge in [0.2, 0.25) is 0 Å². The normalized spacial score (nSPS) is 20.2. The molecular weight excluding hydrogens is 201 g/mol. The third kappa shape index (κ3) is 2.92. The van der Waals surface area contributed by atoms with Gasteiger partial charge in [-0.25, -0.2) is 4.39 Å². The minimum absolute atomic E-state index is 0.155. The van der Waals surface area contributed by atoms with E-state index in [9.17, 15) is 4.39 Å². The van der Waals surface area contributed by atoms with Crippen LogP contribution in [0.1, 0.15) is 25.3 Å². The van der Waals surface area contributed by atoms with Crippen molar-refractivity contribution in [2.75, 3.05) is 19.6 Å². The van der Waals surface area contributed by atoms with Crippen molar-refractivity contribution in [1.29, 1.82) is 0 Å². The van der Waals surface area contributed by atoms with Crippen LogP contribution in [0.15, 0.2) is 29.8 Å². The Balaban J connectivity index is 2.11. The van der Waals surface area contributed by atoms with E-state index in [2.05, 4.69) is 17.9 Å². The smallest absolute Gasteiger partial charge is 0.123 e. The second-order valence-corrected chi connectivity index (χ2v) is 4.33. The standard InChI is InChI=1S/C14H18FN/c1-2-16-8-4-6-13(11-16)9-12-5-3-7-14(15)10-12/h3,5,7,9-10H,2,4,6,8,11H2,1H3/b13-9+. The molecule has 1 fully saturated rings. The zero-order valence-electron chi connectivity index (χ0n) is 9.75. The van der Waals surface area contributed by atoms with E-state index in [1.54, 1.807) is 12.1 Å². The highest BCUT2D eigenvalue weighted by molar-refractivity contribution is 5.53. The summed E-state index contributed by atoms with van der Waals surface area (Å²) < 4.78 is 13.0. The molecular formula is C14H18FN. The van der Waals surface area contributed by atoms with Crippen molar-refractivity contribution in [2.45, 2.75) is 19.8 Å². The molecule has 0 atom stereocenters. The lowest BCUT2D eigenvalue weighted by atomic mass is 10.0. The Morgan fingerprint density at radius 2 is 2.31 bits per heavy atom. The van der Waals surface area contributed by atoms with Gasteiger partial charge in [0, 0.05) is 6.54 Å². The van der Waals surface area contributed by atoms with Gasteiger partial charge in [0.1, 0.15) is 5.82 Å². The first-order valence-corrected chi connectivity index (χ1v) is 5.95. The minimum Gasteiger partial charge on any atom is -0.300 e. The van der Waals surface area contributed by atoms with Crippen molar-refractivity contribution in [2.24, 2.45) is 0 Å². The molecule has 0 spiro atoms. The van der Waals surface area contributed by atoms with Crippen LogP contribution in [0.4, 0.5) is 4.39 Å². The molecule has 0 saturated carbocycles. The molecule has 0 unspecified atom stereocenters. The Kier molecular flexibility index (Phi) is 3.73. The molecule has 2 rings (SSSR count). The molecule has 1 heterocycles. The SMILES string of the molecule is CCN1CCC/C(=C\c2cccc(F)c2)C1. The number of piperidine rings is 1. The maximum Gasteiger partial charge on any atom is 0.123 e. The van der Waals surface area contributed by atoms with Gasteiger partial charge in [-0.1, -0.05) is 30.7 Å². The Labute approximate surface area is 96.6 Å². The lowest BCUT2D eigenvalue weighted by Crippen LogP contribution is -2.30. The van der Waals surface area contributed by atoms with Crippen LogP contribution in [0.2, 0.25) is 0 Å². The fourth-order valence-electron chi connectivity index (χ4n) is 2.19. The average Bonchev–Trinajstić information content (AvgIpc) is 2.29. The van der Waals surface area contributed by atoms with E-state index >= 15 is 0 Å². The van der Waals surface area contributed by atoms with Crippen LogP contribution in [0, 0.1) is 5.82 Å². The fourth-order valence-corrected chi connectivity index (χ4v) is 2.19. The molecule has 2 heteroatoms.